The zero-order valence-corrected chi connectivity index (χ0v) is 15.6. The maximum atomic E-state index is 14.2. The van der Waals surface area contributed by atoms with Crippen molar-refractivity contribution in [3.63, 3.8) is 0 Å². The molecule has 0 fully saturated rings. The fourth-order valence-corrected chi connectivity index (χ4v) is 3.89. The molecule has 0 spiro atoms. The number of aromatic nitrogens is 1. The number of halogens is 1. The Balaban J connectivity index is 1.63. The van der Waals surface area contributed by atoms with Crippen LogP contribution in [-0.4, -0.2) is 34.3 Å². The molecule has 0 aliphatic carbocycles. The van der Waals surface area contributed by atoms with Crippen molar-refractivity contribution in [3.05, 3.63) is 77.1 Å². The van der Waals surface area contributed by atoms with Gasteiger partial charge in [0.05, 0.1) is 22.7 Å². The number of pyridine rings is 1. The quantitative estimate of drug-likeness (QED) is 0.682. The largest absolute Gasteiger partial charge is 0.395 e. The second kappa shape index (κ2) is 7.92. The first kappa shape index (κ1) is 18.3. The van der Waals surface area contributed by atoms with Crippen LogP contribution in [-0.2, 0) is 4.79 Å². The number of benzene rings is 2. The van der Waals surface area contributed by atoms with Crippen molar-refractivity contribution < 1.29 is 14.3 Å². The van der Waals surface area contributed by atoms with Gasteiger partial charge in [0.25, 0.3) is 5.91 Å². The van der Waals surface area contributed by atoms with Gasteiger partial charge in [-0.1, -0.05) is 24.3 Å². The van der Waals surface area contributed by atoms with Gasteiger partial charge in [-0.15, -0.1) is 0 Å². The first-order valence-corrected chi connectivity index (χ1v) is 9.47. The number of rotatable bonds is 4. The van der Waals surface area contributed by atoms with Gasteiger partial charge in [-0.05, 0) is 53.7 Å². The van der Waals surface area contributed by atoms with Crippen LogP contribution in [0.1, 0.15) is 5.56 Å². The maximum absolute atomic E-state index is 14.2. The summed E-state index contributed by atoms with van der Waals surface area (Å²) in [5.41, 5.74) is 2.00. The van der Waals surface area contributed by atoms with Crippen LogP contribution in [0.5, 0.6) is 0 Å². The molecule has 1 N–H and O–H groups in total. The van der Waals surface area contributed by atoms with E-state index < -0.39 is 5.82 Å². The summed E-state index contributed by atoms with van der Waals surface area (Å²) in [4.78, 5) is 22.7. The molecule has 3 aromatic rings. The molecule has 0 saturated heterocycles. The summed E-state index contributed by atoms with van der Waals surface area (Å²) >= 11 is 1.16. The summed E-state index contributed by atoms with van der Waals surface area (Å²) in [6, 6.07) is 15.8. The molecule has 0 saturated carbocycles. The van der Waals surface area contributed by atoms with Crippen molar-refractivity contribution >= 4 is 45.5 Å². The highest BCUT2D eigenvalue weighted by Gasteiger charge is 2.28. The van der Waals surface area contributed by atoms with Gasteiger partial charge >= 0.3 is 0 Å². The molecule has 28 heavy (non-hydrogen) atoms. The number of amidine groups is 1. The average Bonchev–Trinajstić information content (AvgIpc) is 3.07. The zero-order chi connectivity index (χ0) is 19.5. The number of carbonyl (C=O) groups excluding carboxylic acids is 1. The average molecular weight is 393 g/mol. The Morgan fingerprint density at radius 2 is 2.00 bits per heavy atom. The van der Waals surface area contributed by atoms with Gasteiger partial charge in [0.2, 0.25) is 0 Å². The molecular formula is C21H16FN3O2S. The Kier molecular flexibility index (Phi) is 5.18. The lowest BCUT2D eigenvalue weighted by Gasteiger charge is -2.22. The number of carbonyl (C=O) groups is 1. The fraction of sp³-hybridized carbons (Fsp3) is 0.0952. The topological polar surface area (TPSA) is 65.8 Å². The molecule has 1 aliphatic rings. The lowest BCUT2D eigenvalue weighted by molar-refractivity contribution is -0.113. The second-order valence-electron chi connectivity index (χ2n) is 6.09. The minimum Gasteiger partial charge on any atom is -0.395 e. The molecule has 7 heteroatoms. The van der Waals surface area contributed by atoms with E-state index in [9.17, 15) is 14.3 Å². The van der Waals surface area contributed by atoms with Crippen molar-refractivity contribution in [1.29, 1.82) is 0 Å². The van der Waals surface area contributed by atoms with Crippen LogP contribution >= 0.6 is 11.8 Å². The molecule has 0 atom stereocenters. The minimum absolute atomic E-state index is 0.134. The molecule has 5 nitrogen and oxygen atoms in total. The Labute approximate surface area is 165 Å². The molecule has 2 heterocycles. The van der Waals surface area contributed by atoms with Crippen molar-refractivity contribution in [2.75, 3.05) is 18.1 Å². The number of anilines is 1. The van der Waals surface area contributed by atoms with Crippen LogP contribution in [0, 0.1) is 5.82 Å². The number of hydrogen-bond donors (Lipinski definition) is 1. The number of hydrogen-bond acceptors (Lipinski definition) is 5. The van der Waals surface area contributed by atoms with Crippen LogP contribution < -0.4 is 4.90 Å². The summed E-state index contributed by atoms with van der Waals surface area (Å²) in [5, 5.41) is 10.7. The number of thioether (sulfide) groups is 1. The zero-order valence-electron chi connectivity index (χ0n) is 14.7. The van der Waals surface area contributed by atoms with Crippen molar-refractivity contribution in [1.82, 2.24) is 4.98 Å². The third kappa shape index (κ3) is 3.67. The molecule has 140 valence electrons. The number of aliphatic hydroxyl groups excluding tert-OH is 1. The highest BCUT2D eigenvalue weighted by atomic mass is 32.2. The van der Waals surface area contributed by atoms with Gasteiger partial charge in [-0.25, -0.2) is 4.39 Å². The Morgan fingerprint density at radius 3 is 2.82 bits per heavy atom. The highest BCUT2D eigenvalue weighted by molar-refractivity contribution is 8.18. The lowest BCUT2D eigenvalue weighted by Crippen LogP contribution is -2.31. The second-order valence-corrected chi connectivity index (χ2v) is 7.10. The van der Waals surface area contributed by atoms with E-state index in [1.165, 1.54) is 11.0 Å². The first-order chi connectivity index (χ1) is 13.7. The van der Waals surface area contributed by atoms with E-state index >= 15 is 0 Å². The summed E-state index contributed by atoms with van der Waals surface area (Å²) in [6.45, 7) is -0.0617. The molecule has 2 aromatic carbocycles. The molecular weight excluding hydrogens is 377 g/mol. The van der Waals surface area contributed by atoms with Crippen LogP contribution in [0.25, 0.3) is 17.0 Å². The van der Waals surface area contributed by atoms with E-state index in [0.29, 0.717) is 10.1 Å². The normalized spacial score (nSPS) is 15.3. The Morgan fingerprint density at radius 1 is 1.14 bits per heavy atom. The summed E-state index contributed by atoms with van der Waals surface area (Å²) in [6.07, 6.45) is 3.49. The predicted molar refractivity (Wildman–Crippen MR) is 111 cm³/mol. The standard InChI is InChI=1S/C21H16FN3O2S/c22-16-5-1-2-6-18(16)25(10-11-26)21-24-20(27)19(28-21)13-14-7-8-17-15(12-14)4-3-9-23-17/h1-9,12-13,26H,10-11H2/b19-13-. The highest BCUT2D eigenvalue weighted by Crippen LogP contribution is 2.33. The molecule has 1 aliphatic heterocycles. The van der Waals surface area contributed by atoms with Gasteiger partial charge in [0.15, 0.2) is 5.17 Å². The van der Waals surface area contributed by atoms with Crippen LogP contribution in [0.15, 0.2) is 70.7 Å². The number of amides is 1. The number of aliphatic imine (C=N–C) groups is 1. The smallest absolute Gasteiger partial charge is 0.286 e. The monoisotopic (exact) mass is 393 g/mol. The molecule has 4 rings (SSSR count). The van der Waals surface area contributed by atoms with Gasteiger partial charge in [-0.3, -0.25) is 9.78 Å². The third-order valence-electron chi connectivity index (χ3n) is 4.23. The number of nitrogens with zero attached hydrogens (tertiary/aromatic N) is 3. The van der Waals surface area contributed by atoms with Gasteiger partial charge in [0, 0.05) is 18.1 Å². The summed E-state index contributed by atoms with van der Waals surface area (Å²) in [5.74, 6) is -0.822. The minimum atomic E-state index is -0.439. The van der Waals surface area contributed by atoms with Crippen molar-refractivity contribution in [3.8, 4) is 0 Å². The first-order valence-electron chi connectivity index (χ1n) is 8.66. The number of fused-ring (bicyclic) bond motifs is 1. The van der Waals surface area contributed by atoms with Crippen LogP contribution in [0.4, 0.5) is 10.1 Å². The van der Waals surface area contributed by atoms with E-state index in [0.717, 1.165) is 28.2 Å². The lowest BCUT2D eigenvalue weighted by atomic mass is 10.1. The Bertz CT molecular complexity index is 1110. The van der Waals surface area contributed by atoms with Gasteiger partial charge in [-0.2, -0.15) is 4.99 Å². The fourth-order valence-electron chi connectivity index (χ4n) is 2.94. The van der Waals surface area contributed by atoms with Crippen molar-refractivity contribution in [2.24, 2.45) is 4.99 Å². The molecule has 1 amide bonds. The van der Waals surface area contributed by atoms with Crippen LogP contribution in [0.3, 0.4) is 0 Å². The van der Waals surface area contributed by atoms with Gasteiger partial charge < -0.3 is 10.0 Å². The van der Waals surface area contributed by atoms with E-state index in [2.05, 4.69) is 9.98 Å². The van der Waals surface area contributed by atoms with Crippen LogP contribution in [0.2, 0.25) is 0 Å². The number of aliphatic hydroxyl groups is 1. The Hall–Kier alpha value is -3.03. The summed E-state index contributed by atoms with van der Waals surface area (Å²) < 4.78 is 14.2. The van der Waals surface area contributed by atoms with E-state index in [-0.39, 0.29) is 24.7 Å². The van der Waals surface area contributed by atoms with Crippen molar-refractivity contribution in [2.45, 2.75) is 0 Å². The molecule has 0 unspecified atom stereocenters. The number of para-hydroxylation sites is 1. The SMILES string of the molecule is O=C1N=C(N(CCO)c2ccccc2F)S/C1=C\c1ccc2ncccc2c1. The van der Waals surface area contributed by atoms with E-state index in [1.807, 2.05) is 30.3 Å². The van der Waals surface area contributed by atoms with E-state index in [4.69, 9.17) is 0 Å². The molecule has 0 bridgehead atoms. The maximum Gasteiger partial charge on any atom is 0.286 e. The third-order valence-corrected chi connectivity index (χ3v) is 5.24. The molecule has 0 radical (unpaired) electrons. The van der Waals surface area contributed by atoms with Gasteiger partial charge in [0.1, 0.15) is 5.82 Å². The summed E-state index contributed by atoms with van der Waals surface area (Å²) in [7, 11) is 0. The predicted octanol–water partition coefficient (Wildman–Crippen LogP) is 3.84. The van der Waals surface area contributed by atoms with E-state index in [1.54, 1.807) is 30.5 Å². The molecule has 1 aromatic heterocycles.